The van der Waals surface area contributed by atoms with Crippen molar-refractivity contribution < 1.29 is 23.7 Å². The molecule has 1 aromatic heterocycles. The topological polar surface area (TPSA) is 94.3 Å². The van der Waals surface area contributed by atoms with Crippen LogP contribution in [0.2, 0.25) is 0 Å². The summed E-state index contributed by atoms with van der Waals surface area (Å²) in [6, 6.07) is 18.9. The molecule has 200 valence electrons. The molecule has 3 aromatic carbocycles. The summed E-state index contributed by atoms with van der Waals surface area (Å²) in [6.07, 6.45) is 0. The molecule has 0 radical (unpaired) electrons. The number of nitrogens with zero attached hydrogens (tertiary/aromatic N) is 1. The van der Waals surface area contributed by atoms with E-state index in [1.807, 2.05) is 66.4 Å². The van der Waals surface area contributed by atoms with E-state index in [4.69, 9.17) is 35.9 Å². The lowest BCUT2D eigenvalue weighted by Gasteiger charge is -2.26. The molecule has 39 heavy (non-hydrogen) atoms. The molecule has 0 unspecified atom stereocenters. The number of aromatic nitrogens is 1. The lowest BCUT2D eigenvalue weighted by atomic mass is 10.1. The molecule has 0 atom stereocenters. The number of thiocarbonyl (C=S) groups is 1. The van der Waals surface area contributed by atoms with Gasteiger partial charge in [0.2, 0.25) is 6.79 Å². The monoisotopic (exact) mass is 545 g/mol. The Morgan fingerprint density at radius 1 is 0.923 bits per heavy atom. The van der Waals surface area contributed by atoms with Gasteiger partial charge in [-0.2, -0.15) is 0 Å². The van der Waals surface area contributed by atoms with Gasteiger partial charge in [0.25, 0.3) is 5.56 Å². The number of anilines is 1. The highest BCUT2D eigenvalue weighted by Crippen LogP contribution is 2.35. The van der Waals surface area contributed by atoms with Crippen LogP contribution in [0.1, 0.15) is 18.1 Å². The molecule has 0 saturated carbocycles. The number of hydrogen-bond donors (Lipinski definition) is 2. The number of fused-ring (bicyclic) bond motifs is 3. The highest BCUT2D eigenvalue weighted by molar-refractivity contribution is 7.80. The largest absolute Gasteiger partial charge is 0.494 e. The van der Waals surface area contributed by atoms with Crippen LogP contribution in [-0.4, -0.2) is 41.6 Å². The van der Waals surface area contributed by atoms with Gasteiger partial charge in [0.1, 0.15) is 19.0 Å². The third-order valence-electron chi connectivity index (χ3n) is 6.46. The second kappa shape index (κ2) is 10.7. The minimum atomic E-state index is -0.196. The van der Waals surface area contributed by atoms with E-state index < -0.39 is 0 Å². The van der Waals surface area contributed by atoms with Crippen molar-refractivity contribution in [2.24, 2.45) is 0 Å². The zero-order valence-corrected chi connectivity index (χ0v) is 22.1. The molecule has 0 fully saturated rings. The smallest absolute Gasteiger partial charge is 0.253 e. The zero-order valence-electron chi connectivity index (χ0n) is 21.3. The third-order valence-corrected chi connectivity index (χ3v) is 6.82. The molecule has 10 heteroatoms. The molecule has 4 aromatic rings. The van der Waals surface area contributed by atoms with E-state index >= 15 is 0 Å². The van der Waals surface area contributed by atoms with Gasteiger partial charge in [-0.15, -0.1) is 0 Å². The standard InChI is InChI=1S/C29H27N3O6S/c1-2-34-22-6-4-21(5-7-22)30-29(39)32(15-18-3-8-24-25(11-18)38-17-37-24)16-20-12-19-13-26-27(36-10-9-35-26)14-23(19)31-28(20)33/h3-8,11-14H,2,9-10,15-17H2,1H3,(H,30,39)(H,31,33). The van der Waals surface area contributed by atoms with Crippen molar-refractivity contribution in [3.63, 3.8) is 0 Å². The average molecular weight is 546 g/mol. The van der Waals surface area contributed by atoms with Gasteiger partial charge in [-0.05, 0) is 73.2 Å². The normalized spacial score (nSPS) is 13.3. The van der Waals surface area contributed by atoms with Crippen LogP contribution in [0.5, 0.6) is 28.7 Å². The first-order valence-corrected chi connectivity index (χ1v) is 13.1. The highest BCUT2D eigenvalue weighted by Gasteiger charge is 2.19. The fourth-order valence-corrected chi connectivity index (χ4v) is 4.82. The van der Waals surface area contributed by atoms with Gasteiger partial charge in [0.05, 0.1) is 18.7 Å². The van der Waals surface area contributed by atoms with E-state index in [1.165, 1.54) is 0 Å². The van der Waals surface area contributed by atoms with Crippen molar-refractivity contribution in [2.45, 2.75) is 20.0 Å². The van der Waals surface area contributed by atoms with Crippen molar-refractivity contribution in [3.8, 4) is 28.7 Å². The Bertz CT molecular complexity index is 1590. The van der Waals surface area contributed by atoms with E-state index in [-0.39, 0.29) is 18.9 Å². The minimum absolute atomic E-state index is 0.196. The highest BCUT2D eigenvalue weighted by atomic mass is 32.1. The van der Waals surface area contributed by atoms with Gasteiger partial charge in [0.15, 0.2) is 28.1 Å². The number of H-pyrrole nitrogens is 1. The Balaban J connectivity index is 1.29. The summed E-state index contributed by atoms with van der Waals surface area (Å²) in [6.45, 7) is 4.42. The summed E-state index contributed by atoms with van der Waals surface area (Å²) in [5.41, 5.74) is 2.84. The number of nitrogens with one attached hydrogen (secondary N) is 2. The number of pyridine rings is 1. The predicted octanol–water partition coefficient (Wildman–Crippen LogP) is 4.83. The number of aromatic amines is 1. The van der Waals surface area contributed by atoms with E-state index in [0.717, 1.165) is 22.4 Å². The first kappa shape index (κ1) is 24.9. The SMILES string of the molecule is CCOc1ccc(NC(=S)N(Cc2ccc3c(c2)OCO3)Cc2cc3cc4c(cc3[nH]c2=O)OCCO4)cc1. The Kier molecular flexibility index (Phi) is 6.85. The lowest BCUT2D eigenvalue weighted by Crippen LogP contribution is -2.35. The van der Waals surface area contributed by atoms with Crippen molar-refractivity contribution in [3.05, 3.63) is 82.1 Å². The van der Waals surface area contributed by atoms with E-state index in [1.54, 1.807) is 6.07 Å². The fourth-order valence-electron chi connectivity index (χ4n) is 4.57. The van der Waals surface area contributed by atoms with E-state index in [2.05, 4.69) is 10.3 Å². The molecule has 0 aliphatic carbocycles. The minimum Gasteiger partial charge on any atom is -0.494 e. The van der Waals surface area contributed by atoms with Crippen molar-refractivity contribution in [2.75, 3.05) is 31.9 Å². The van der Waals surface area contributed by atoms with Gasteiger partial charge < -0.3 is 38.9 Å². The molecule has 0 bridgehead atoms. The molecule has 0 amide bonds. The molecule has 2 N–H and O–H groups in total. The number of rotatable bonds is 7. The van der Waals surface area contributed by atoms with Gasteiger partial charge in [-0.3, -0.25) is 4.79 Å². The quantitative estimate of drug-likeness (QED) is 0.317. The molecular formula is C29H27N3O6S. The first-order valence-electron chi connectivity index (χ1n) is 12.7. The van der Waals surface area contributed by atoms with Crippen molar-refractivity contribution >= 4 is 33.9 Å². The maximum Gasteiger partial charge on any atom is 0.253 e. The van der Waals surface area contributed by atoms with Crippen LogP contribution in [0, 0.1) is 0 Å². The van der Waals surface area contributed by atoms with Crippen LogP contribution in [-0.2, 0) is 13.1 Å². The summed E-state index contributed by atoms with van der Waals surface area (Å²) in [5, 5.41) is 4.62. The zero-order chi connectivity index (χ0) is 26.8. The van der Waals surface area contributed by atoms with Crippen LogP contribution in [0.25, 0.3) is 10.9 Å². The number of hydrogen-bond acceptors (Lipinski definition) is 7. The Morgan fingerprint density at radius 2 is 1.67 bits per heavy atom. The van der Waals surface area contributed by atoms with Crippen LogP contribution in [0.3, 0.4) is 0 Å². The van der Waals surface area contributed by atoms with Crippen LogP contribution in [0.4, 0.5) is 5.69 Å². The van der Waals surface area contributed by atoms with Crippen LogP contribution < -0.4 is 34.6 Å². The van der Waals surface area contributed by atoms with Gasteiger partial charge in [-0.25, -0.2) is 0 Å². The maximum atomic E-state index is 13.2. The number of benzene rings is 3. The van der Waals surface area contributed by atoms with E-state index in [0.29, 0.717) is 65.6 Å². The summed E-state index contributed by atoms with van der Waals surface area (Å²) in [5.74, 6) is 3.47. The van der Waals surface area contributed by atoms with Crippen molar-refractivity contribution in [1.29, 1.82) is 0 Å². The summed E-state index contributed by atoms with van der Waals surface area (Å²) in [7, 11) is 0. The van der Waals surface area contributed by atoms with Gasteiger partial charge in [0, 0.05) is 29.2 Å². The third kappa shape index (κ3) is 5.42. The number of ether oxygens (including phenoxy) is 5. The molecule has 9 nitrogen and oxygen atoms in total. The lowest BCUT2D eigenvalue weighted by molar-refractivity contribution is 0.172. The molecule has 2 aliphatic rings. The Hall–Kier alpha value is -4.44. The predicted molar refractivity (Wildman–Crippen MR) is 151 cm³/mol. The Morgan fingerprint density at radius 3 is 2.46 bits per heavy atom. The summed E-state index contributed by atoms with van der Waals surface area (Å²) < 4.78 is 28.0. The fraction of sp³-hybridized carbons (Fsp3) is 0.241. The first-order chi connectivity index (χ1) is 19.1. The molecule has 3 heterocycles. The molecule has 6 rings (SSSR count). The molecule has 0 saturated heterocycles. The Labute approximate surface area is 230 Å². The second-order valence-corrected chi connectivity index (χ2v) is 9.52. The maximum absolute atomic E-state index is 13.2. The molecular weight excluding hydrogens is 518 g/mol. The van der Waals surface area contributed by atoms with Crippen LogP contribution in [0.15, 0.2) is 65.5 Å². The summed E-state index contributed by atoms with van der Waals surface area (Å²) >= 11 is 5.84. The average Bonchev–Trinajstić information content (AvgIpc) is 3.41. The van der Waals surface area contributed by atoms with Gasteiger partial charge in [-0.1, -0.05) is 6.07 Å². The molecule has 2 aliphatic heterocycles. The van der Waals surface area contributed by atoms with E-state index in [9.17, 15) is 4.79 Å². The van der Waals surface area contributed by atoms with Gasteiger partial charge >= 0.3 is 0 Å². The second-order valence-electron chi connectivity index (χ2n) is 9.14. The molecule has 0 spiro atoms. The van der Waals surface area contributed by atoms with Crippen LogP contribution >= 0.6 is 12.2 Å². The van der Waals surface area contributed by atoms with Crippen molar-refractivity contribution in [1.82, 2.24) is 9.88 Å². The summed E-state index contributed by atoms with van der Waals surface area (Å²) in [4.78, 5) is 18.1.